The lowest BCUT2D eigenvalue weighted by atomic mass is 10.0. The number of aromatic nitrogens is 4. The molecule has 2 aliphatic heterocycles. The van der Waals surface area contributed by atoms with Crippen molar-refractivity contribution in [1.29, 1.82) is 0 Å². The molecule has 7 aromatic carbocycles. The van der Waals surface area contributed by atoms with Crippen LogP contribution in [0.2, 0.25) is 0 Å². The van der Waals surface area contributed by atoms with Gasteiger partial charge in [-0.3, -0.25) is 19.2 Å². The molecular weight excluding hydrogens is 1140 g/mol. The molecule has 2 aliphatic rings. The Bertz CT molecular complexity index is 4520. The lowest BCUT2D eigenvalue weighted by Gasteiger charge is -2.18. The second-order valence-corrected chi connectivity index (χ2v) is 24.5. The van der Waals surface area contributed by atoms with Gasteiger partial charge in [0.05, 0.1) is 62.9 Å². The maximum atomic E-state index is 13.9. The van der Waals surface area contributed by atoms with Gasteiger partial charge in [-0.15, -0.1) is 0 Å². The summed E-state index contributed by atoms with van der Waals surface area (Å²) in [5, 5.41) is 3.74. The Labute approximate surface area is 511 Å². The Morgan fingerprint density at radius 2 is 0.849 bits per heavy atom. The number of thioether (sulfide) groups is 3. The van der Waals surface area contributed by atoms with Crippen LogP contribution in [-0.4, -0.2) is 85.3 Å². The molecular formula is C70H72N4O9S3. The van der Waals surface area contributed by atoms with E-state index in [1.807, 2.05) is 120 Å². The van der Waals surface area contributed by atoms with E-state index in [1.165, 1.54) is 59.8 Å². The number of rotatable bonds is 14. The van der Waals surface area contributed by atoms with E-state index >= 15 is 0 Å². The molecule has 2 saturated heterocycles. The Morgan fingerprint density at radius 1 is 0.453 bits per heavy atom. The summed E-state index contributed by atoms with van der Waals surface area (Å²) in [6.07, 6.45) is 16.4. The van der Waals surface area contributed by atoms with Crippen LogP contribution in [0, 0.1) is 0 Å². The van der Waals surface area contributed by atoms with Gasteiger partial charge in [-0.05, 0) is 173 Å². The number of hydrogen-bond donors (Lipinski definition) is 0. The van der Waals surface area contributed by atoms with Gasteiger partial charge in [0.15, 0.2) is 21.7 Å². The van der Waals surface area contributed by atoms with Crippen molar-refractivity contribution in [2.45, 2.75) is 97.1 Å². The standard InChI is InChI=1S/C37H36N2O4S2.C25H20N2O4.C6H10O.C2H6S/c1-44-20-10-3-11-21-45-22-12-19-38-31-17-8-6-15-27(31)35(40)29-24-34-30(23-33(29)38)36(41)28-16-7-9-18-32(28)39(34)37(42)43-25-26-13-4-2-5-14-26;1-3-26-19-11-7-5-9-15(19)23(28)17-14-22-18(13-21(17)26)24(29)16-10-6-8-12-20(16)27(22)25(30)31-4-2;1-2-6-4-3-5(1)7-6;1-3-2/h2,4-9,13-18,23-24H,3,10-12,19-22,25H2,1H3;5-14H,3-4H2,1-2H3;5-6H,1-4H2;1-2H3. The largest absolute Gasteiger partial charge is 0.449 e. The van der Waals surface area contributed by atoms with Crippen LogP contribution in [0.25, 0.3) is 87.2 Å². The summed E-state index contributed by atoms with van der Waals surface area (Å²) >= 11 is 5.63. The van der Waals surface area contributed by atoms with Gasteiger partial charge in [0.2, 0.25) is 0 Å². The molecule has 0 radical (unpaired) electrons. The molecule has 6 heterocycles. The maximum absolute atomic E-state index is 13.9. The van der Waals surface area contributed by atoms with Gasteiger partial charge in [-0.2, -0.15) is 35.3 Å². The van der Waals surface area contributed by atoms with Gasteiger partial charge >= 0.3 is 12.2 Å². The normalized spacial score (nSPS) is 14.3. The van der Waals surface area contributed by atoms with Crippen LogP contribution in [0.5, 0.6) is 0 Å². The van der Waals surface area contributed by atoms with Crippen LogP contribution in [0.1, 0.15) is 70.8 Å². The van der Waals surface area contributed by atoms with Gasteiger partial charge in [0.25, 0.3) is 0 Å². The van der Waals surface area contributed by atoms with Crippen LogP contribution in [0.3, 0.4) is 0 Å². The van der Waals surface area contributed by atoms with E-state index in [-0.39, 0.29) is 34.9 Å². The predicted molar refractivity (Wildman–Crippen MR) is 361 cm³/mol. The van der Waals surface area contributed by atoms with Gasteiger partial charge in [-0.1, -0.05) is 85.3 Å². The van der Waals surface area contributed by atoms with E-state index in [9.17, 15) is 28.8 Å². The van der Waals surface area contributed by atoms with Gasteiger partial charge in [0, 0.05) is 56.2 Å². The van der Waals surface area contributed by atoms with Crippen molar-refractivity contribution in [1.82, 2.24) is 18.3 Å². The number of unbranched alkanes of at least 4 members (excludes halogenated alkanes) is 2. The Hall–Kier alpha value is -7.63. The molecule has 0 unspecified atom stereocenters. The first-order chi connectivity index (χ1) is 42.0. The van der Waals surface area contributed by atoms with Crippen LogP contribution in [0.4, 0.5) is 9.59 Å². The van der Waals surface area contributed by atoms with E-state index in [0.717, 1.165) is 34.5 Å². The van der Waals surface area contributed by atoms with Crippen LogP contribution in [-0.2, 0) is 33.9 Å². The van der Waals surface area contributed by atoms with Gasteiger partial charge < -0.3 is 23.3 Å². The summed E-state index contributed by atoms with van der Waals surface area (Å²) in [4.78, 5) is 81.1. The number of aryl methyl sites for hydroxylation is 2. The number of fused-ring (bicyclic) bond motifs is 10. The number of benzene rings is 7. The highest BCUT2D eigenvalue weighted by atomic mass is 32.2. The molecule has 13 rings (SSSR count). The SMILES string of the molecule is C1CC2CCC1O2.CCOC(=O)n1c2ccccc2c(=O)c2cc3c(cc21)c(=O)c1ccccc1n3CC.CSC.CSCCCCCSCCCn1c2ccccc2c(=O)c2cc3c(cc21)c(=O)c1ccccc1n3C(=O)OCc1ccccc1. The molecule has 11 aromatic rings. The van der Waals surface area contributed by atoms with Crippen molar-refractivity contribution in [3.8, 4) is 0 Å². The Morgan fingerprint density at radius 3 is 1.31 bits per heavy atom. The first-order valence-corrected chi connectivity index (χ1v) is 33.8. The van der Waals surface area contributed by atoms with Crippen LogP contribution in [0.15, 0.2) is 171 Å². The highest BCUT2D eigenvalue weighted by molar-refractivity contribution is 7.99. The van der Waals surface area contributed by atoms with Crippen molar-refractivity contribution < 1.29 is 23.8 Å². The number of carbonyl (C=O) groups is 2. The zero-order valence-corrected chi connectivity index (χ0v) is 51.8. The van der Waals surface area contributed by atoms with Crippen molar-refractivity contribution in [3.63, 3.8) is 0 Å². The Kier molecular flexibility index (Phi) is 20.5. The number of hydrogen-bond acceptors (Lipinski definition) is 12. The van der Waals surface area contributed by atoms with Crippen LogP contribution < -0.4 is 21.7 Å². The molecule has 86 heavy (non-hydrogen) atoms. The lowest BCUT2D eigenvalue weighted by Crippen LogP contribution is -2.20. The summed E-state index contributed by atoms with van der Waals surface area (Å²) in [6.45, 7) is 5.35. The number of nitrogens with zero attached hydrogens (tertiary/aromatic N) is 4. The highest BCUT2D eigenvalue weighted by Gasteiger charge is 2.31. The molecule has 0 N–H and O–H groups in total. The average Bonchev–Trinajstić information content (AvgIpc) is 1.10. The fourth-order valence-corrected chi connectivity index (χ4v) is 13.3. The highest BCUT2D eigenvalue weighted by Crippen LogP contribution is 2.34. The fourth-order valence-electron chi connectivity index (χ4n) is 11.9. The molecule has 0 spiro atoms. The van der Waals surface area contributed by atoms with E-state index in [0.29, 0.717) is 101 Å². The number of para-hydroxylation sites is 4. The second-order valence-electron chi connectivity index (χ2n) is 21.4. The zero-order valence-electron chi connectivity index (χ0n) is 49.4. The fraction of sp³-hybridized carbons (Fsp3) is 0.314. The van der Waals surface area contributed by atoms with Crippen LogP contribution >= 0.6 is 35.3 Å². The molecule has 0 amide bonds. The maximum Gasteiger partial charge on any atom is 0.419 e. The first kappa shape index (κ1) is 61.5. The first-order valence-electron chi connectivity index (χ1n) is 29.6. The van der Waals surface area contributed by atoms with Crippen molar-refractivity contribution in [2.24, 2.45) is 0 Å². The van der Waals surface area contributed by atoms with E-state index in [2.05, 4.69) is 10.8 Å². The summed E-state index contributed by atoms with van der Waals surface area (Å²) in [7, 11) is 0. The van der Waals surface area contributed by atoms with E-state index in [4.69, 9.17) is 14.2 Å². The monoisotopic (exact) mass is 1210 g/mol. The van der Waals surface area contributed by atoms with Gasteiger partial charge in [0.1, 0.15) is 6.61 Å². The third-order valence-corrected chi connectivity index (χ3v) is 17.7. The molecule has 16 heteroatoms. The zero-order chi connectivity index (χ0) is 60.3. The molecule has 0 aliphatic carbocycles. The van der Waals surface area contributed by atoms with E-state index in [1.54, 1.807) is 97.5 Å². The van der Waals surface area contributed by atoms with E-state index < -0.39 is 12.2 Å². The Balaban J connectivity index is 0.000000171. The van der Waals surface area contributed by atoms with Crippen molar-refractivity contribution in [2.75, 3.05) is 42.6 Å². The molecule has 13 nitrogen and oxygen atoms in total. The summed E-state index contributed by atoms with van der Waals surface area (Å²) in [5.74, 6) is 3.39. The summed E-state index contributed by atoms with van der Waals surface area (Å²) in [5.41, 5.74) is 4.89. The number of pyridine rings is 4. The summed E-state index contributed by atoms with van der Waals surface area (Å²) in [6, 6.07) is 45.4. The topological polar surface area (TPSA) is 150 Å². The summed E-state index contributed by atoms with van der Waals surface area (Å²) < 4.78 is 23.5. The molecule has 2 fully saturated rings. The third kappa shape index (κ3) is 12.9. The number of carbonyl (C=O) groups excluding carboxylic acids is 2. The quantitative estimate of drug-likeness (QED) is 0.0753. The molecule has 2 bridgehead atoms. The van der Waals surface area contributed by atoms with Crippen molar-refractivity contribution >= 4 is 135 Å². The van der Waals surface area contributed by atoms with Gasteiger partial charge in [-0.25, -0.2) is 18.7 Å². The average molecular weight is 1210 g/mol. The molecule has 4 aromatic heterocycles. The predicted octanol–water partition coefficient (Wildman–Crippen LogP) is 15.4. The second kappa shape index (κ2) is 28.7. The smallest absolute Gasteiger partial charge is 0.419 e. The minimum absolute atomic E-state index is 0.0858. The molecule has 444 valence electrons. The minimum atomic E-state index is -0.606. The molecule has 0 saturated carbocycles. The lowest BCUT2D eigenvalue weighted by molar-refractivity contribution is 0.105. The van der Waals surface area contributed by atoms with Crippen molar-refractivity contribution in [3.05, 3.63) is 198 Å². The minimum Gasteiger partial charge on any atom is -0.449 e. The third-order valence-electron chi connectivity index (χ3n) is 15.9. The molecule has 0 atom stereocenters. The number of ether oxygens (including phenoxy) is 3.